The van der Waals surface area contributed by atoms with Crippen molar-refractivity contribution in [2.24, 2.45) is 0 Å². The summed E-state index contributed by atoms with van der Waals surface area (Å²) in [5.41, 5.74) is 8.56. The fourth-order valence-corrected chi connectivity index (χ4v) is 2.85. The average molecular weight is 292 g/mol. The highest BCUT2D eigenvalue weighted by atomic mass is 35.5. The molecule has 1 aromatic heterocycles. The number of aromatic nitrogens is 1. The van der Waals surface area contributed by atoms with Gasteiger partial charge in [-0.1, -0.05) is 11.6 Å². The number of nitrogens with zero attached hydrogens (tertiary/aromatic N) is 1. The summed E-state index contributed by atoms with van der Waals surface area (Å²) in [6, 6.07) is 6.03. The van der Waals surface area contributed by atoms with Gasteiger partial charge in [-0.3, -0.25) is 4.98 Å². The number of rotatable bonds is 2. The number of halogens is 1. The monoisotopic (exact) mass is 291 g/mol. The summed E-state index contributed by atoms with van der Waals surface area (Å²) in [7, 11) is 0. The number of nitrogen functional groups attached to an aromatic ring is 1. The van der Waals surface area contributed by atoms with Crippen LogP contribution in [-0.4, -0.2) is 23.7 Å². The number of nitrogens with one attached hydrogen (secondary N) is 1. The molecular formula is C15H18ClN3O. The molecule has 3 rings (SSSR count). The van der Waals surface area contributed by atoms with Crippen molar-refractivity contribution in [2.75, 3.05) is 17.7 Å². The van der Waals surface area contributed by atoms with E-state index in [2.05, 4.69) is 17.2 Å². The van der Waals surface area contributed by atoms with Crippen LogP contribution in [0, 0.1) is 0 Å². The van der Waals surface area contributed by atoms with Crippen LogP contribution in [0.5, 0.6) is 0 Å². The smallest absolute Gasteiger partial charge is 0.0743 e. The van der Waals surface area contributed by atoms with Gasteiger partial charge >= 0.3 is 0 Å². The average Bonchev–Trinajstić information content (AvgIpc) is 2.42. The Morgan fingerprint density at radius 3 is 3.10 bits per heavy atom. The van der Waals surface area contributed by atoms with E-state index in [0.29, 0.717) is 16.8 Å². The number of fused-ring (bicyclic) bond motifs is 1. The lowest BCUT2D eigenvalue weighted by molar-refractivity contribution is 0.0232. The molecule has 3 N–H and O–H groups in total. The molecule has 0 radical (unpaired) electrons. The van der Waals surface area contributed by atoms with Crippen molar-refractivity contribution < 1.29 is 4.74 Å². The molecular weight excluding hydrogens is 274 g/mol. The fourth-order valence-electron chi connectivity index (χ4n) is 2.67. The number of benzene rings is 1. The van der Waals surface area contributed by atoms with E-state index < -0.39 is 0 Å². The molecule has 2 heterocycles. The van der Waals surface area contributed by atoms with Gasteiger partial charge in [0.2, 0.25) is 0 Å². The maximum Gasteiger partial charge on any atom is 0.0743 e. The molecule has 106 valence electrons. The highest BCUT2D eigenvalue weighted by Gasteiger charge is 2.20. The number of anilines is 2. The Kier molecular flexibility index (Phi) is 3.68. The minimum absolute atomic E-state index is 0.277. The fraction of sp³-hybridized carbons (Fsp3) is 0.400. The summed E-state index contributed by atoms with van der Waals surface area (Å²) in [5, 5.41) is 5.20. The Morgan fingerprint density at radius 2 is 2.30 bits per heavy atom. The minimum atomic E-state index is 0.277. The number of hydrogen-bond donors (Lipinski definition) is 2. The zero-order valence-electron chi connectivity index (χ0n) is 11.4. The van der Waals surface area contributed by atoms with Gasteiger partial charge in [-0.2, -0.15) is 0 Å². The van der Waals surface area contributed by atoms with Crippen LogP contribution in [0.2, 0.25) is 5.02 Å². The largest absolute Gasteiger partial charge is 0.396 e. The van der Waals surface area contributed by atoms with Crippen LogP contribution in [-0.2, 0) is 4.74 Å². The third-order valence-corrected chi connectivity index (χ3v) is 3.93. The van der Waals surface area contributed by atoms with Gasteiger partial charge in [0.25, 0.3) is 0 Å². The predicted octanol–water partition coefficient (Wildman–Crippen LogP) is 3.45. The Morgan fingerprint density at radius 1 is 1.45 bits per heavy atom. The quantitative estimate of drug-likeness (QED) is 0.890. The number of hydrogen-bond acceptors (Lipinski definition) is 4. The van der Waals surface area contributed by atoms with Crippen LogP contribution in [0.15, 0.2) is 24.4 Å². The molecule has 5 heteroatoms. The summed E-state index contributed by atoms with van der Waals surface area (Å²) in [4.78, 5) is 4.34. The van der Waals surface area contributed by atoms with E-state index in [-0.39, 0.29) is 6.10 Å². The van der Waals surface area contributed by atoms with Crippen molar-refractivity contribution in [3.8, 4) is 0 Å². The normalized spacial score (nSPS) is 22.9. The highest BCUT2D eigenvalue weighted by Crippen LogP contribution is 2.31. The zero-order valence-corrected chi connectivity index (χ0v) is 12.2. The summed E-state index contributed by atoms with van der Waals surface area (Å²) in [5.74, 6) is 0. The SMILES string of the molecule is C[C@@H]1C[C@H](Nc2c(N)cnc3ccc(Cl)cc23)CCO1. The molecule has 0 saturated carbocycles. The number of nitrogens with two attached hydrogens (primary N) is 1. The topological polar surface area (TPSA) is 60.2 Å². The molecule has 1 aliphatic rings. The van der Waals surface area contributed by atoms with Crippen molar-refractivity contribution in [2.45, 2.75) is 31.9 Å². The molecule has 0 unspecified atom stereocenters. The van der Waals surface area contributed by atoms with E-state index in [4.69, 9.17) is 22.1 Å². The second-order valence-electron chi connectivity index (χ2n) is 5.30. The Labute approximate surface area is 123 Å². The molecule has 2 atom stereocenters. The van der Waals surface area contributed by atoms with E-state index in [1.165, 1.54) is 0 Å². The summed E-state index contributed by atoms with van der Waals surface area (Å²) in [6.07, 6.45) is 3.93. The van der Waals surface area contributed by atoms with Gasteiger partial charge in [0.15, 0.2) is 0 Å². The molecule has 1 aromatic carbocycles. The van der Waals surface area contributed by atoms with E-state index in [9.17, 15) is 0 Å². The Balaban J connectivity index is 1.97. The predicted molar refractivity (Wildman–Crippen MR) is 83.2 cm³/mol. The molecule has 0 aliphatic carbocycles. The van der Waals surface area contributed by atoms with Crippen LogP contribution >= 0.6 is 11.6 Å². The van der Waals surface area contributed by atoms with Gasteiger partial charge in [0.05, 0.1) is 29.2 Å². The van der Waals surface area contributed by atoms with Crippen LogP contribution in [0.1, 0.15) is 19.8 Å². The van der Waals surface area contributed by atoms with Gasteiger partial charge < -0.3 is 15.8 Å². The van der Waals surface area contributed by atoms with E-state index in [1.54, 1.807) is 6.20 Å². The van der Waals surface area contributed by atoms with Crippen molar-refractivity contribution in [3.63, 3.8) is 0 Å². The van der Waals surface area contributed by atoms with Gasteiger partial charge in [-0.05, 0) is 38.0 Å². The summed E-state index contributed by atoms with van der Waals surface area (Å²) in [6.45, 7) is 2.88. The highest BCUT2D eigenvalue weighted by molar-refractivity contribution is 6.31. The lowest BCUT2D eigenvalue weighted by Crippen LogP contribution is -2.32. The first kappa shape index (κ1) is 13.5. The summed E-state index contributed by atoms with van der Waals surface area (Å²) >= 11 is 6.09. The van der Waals surface area contributed by atoms with Gasteiger partial charge in [0, 0.05) is 23.1 Å². The van der Waals surface area contributed by atoms with E-state index >= 15 is 0 Å². The minimum Gasteiger partial charge on any atom is -0.396 e. The lowest BCUT2D eigenvalue weighted by Gasteiger charge is -2.29. The number of pyridine rings is 1. The van der Waals surface area contributed by atoms with Crippen molar-refractivity contribution in [1.82, 2.24) is 4.98 Å². The molecule has 20 heavy (non-hydrogen) atoms. The molecule has 1 fully saturated rings. The lowest BCUT2D eigenvalue weighted by atomic mass is 10.0. The maximum absolute atomic E-state index is 6.09. The Hall–Kier alpha value is -1.52. The molecule has 2 aromatic rings. The van der Waals surface area contributed by atoms with Crippen molar-refractivity contribution >= 4 is 33.9 Å². The molecule has 0 amide bonds. The first-order chi connectivity index (χ1) is 9.63. The Bertz CT molecular complexity index is 627. The van der Waals surface area contributed by atoms with Gasteiger partial charge in [-0.15, -0.1) is 0 Å². The first-order valence-corrected chi connectivity index (χ1v) is 7.23. The molecule has 0 bridgehead atoms. The molecule has 0 spiro atoms. The summed E-state index contributed by atoms with van der Waals surface area (Å²) < 4.78 is 5.58. The standard InChI is InChI=1S/C15H18ClN3O/c1-9-6-11(4-5-20-9)19-15-12-7-10(16)2-3-14(12)18-8-13(15)17/h2-3,7-9,11H,4-6,17H2,1H3,(H,18,19)/t9-,11-/m1/s1. The maximum atomic E-state index is 6.09. The van der Waals surface area contributed by atoms with E-state index in [1.807, 2.05) is 18.2 Å². The molecule has 1 saturated heterocycles. The third-order valence-electron chi connectivity index (χ3n) is 3.69. The van der Waals surface area contributed by atoms with Crippen LogP contribution in [0.3, 0.4) is 0 Å². The van der Waals surface area contributed by atoms with Gasteiger partial charge in [-0.25, -0.2) is 0 Å². The van der Waals surface area contributed by atoms with Crippen molar-refractivity contribution in [3.05, 3.63) is 29.4 Å². The van der Waals surface area contributed by atoms with Crippen molar-refractivity contribution in [1.29, 1.82) is 0 Å². The molecule has 1 aliphatic heterocycles. The second-order valence-corrected chi connectivity index (χ2v) is 5.73. The second kappa shape index (κ2) is 5.46. The van der Waals surface area contributed by atoms with Crippen LogP contribution in [0.4, 0.5) is 11.4 Å². The van der Waals surface area contributed by atoms with E-state index in [0.717, 1.165) is 36.0 Å². The zero-order chi connectivity index (χ0) is 14.1. The van der Waals surface area contributed by atoms with Crippen LogP contribution < -0.4 is 11.1 Å². The number of ether oxygens (including phenoxy) is 1. The van der Waals surface area contributed by atoms with Gasteiger partial charge in [0.1, 0.15) is 0 Å². The van der Waals surface area contributed by atoms with Crippen LogP contribution in [0.25, 0.3) is 10.9 Å². The third kappa shape index (κ3) is 2.67. The molecule has 4 nitrogen and oxygen atoms in total. The first-order valence-electron chi connectivity index (χ1n) is 6.85.